The van der Waals surface area contributed by atoms with Crippen LogP contribution in [0.2, 0.25) is 0 Å². The molecule has 3 aromatic rings. The van der Waals surface area contributed by atoms with Gasteiger partial charge in [0, 0.05) is 12.6 Å². The minimum absolute atomic E-state index is 0.0676. The molecule has 0 aliphatic heterocycles. The molecule has 10 heteroatoms. The lowest BCUT2D eigenvalue weighted by Crippen LogP contribution is -2.53. The average molecular weight is 649 g/mol. The number of nitrogens with one attached hydrogen (secondary N) is 3. The Hall–Kier alpha value is -3.73. The number of para-hydroxylation sites is 2. The van der Waals surface area contributed by atoms with Crippen LogP contribution in [0.1, 0.15) is 74.7 Å². The number of carbonyl (C=O) groups excluding carboxylic acids is 2. The van der Waals surface area contributed by atoms with Crippen molar-refractivity contribution < 1.29 is 23.1 Å². The van der Waals surface area contributed by atoms with Gasteiger partial charge in [-0.15, -0.1) is 0 Å². The molecule has 4 N–H and O–H groups in total. The standard InChI is InChI=1S/C36H48N4O5S/c1-3-4-24-46(44,45)40(30-20-12-7-13-21-30)33-23-15-14-22-31(33)36(43)39-32(25-28-16-8-5-9-17-28)34(41)26-37-27(2)35(42)38-29-18-10-6-11-19-29/h5,7-9,12-17,20-23,27,29,32,34,37,41H,3-4,6,10-11,18-19,24-26H2,1-2H3,(H,38,42)(H,39,43)/t27-,32-,34+/m0/s1. The maximum Gasteiger partial charge on any atom is 0.253 e. The van der Waals surface area contributed by atoms with Gasteiger partial charge in [0.2, 0.25) is 15.9 Å². The molecule has 248 valence electrons. The second kappa shape index (κ2) is 17.3. The number of unbranched alkanes of at least 4 members (excludes halogenated alkanes) is 1. The Balaban J connectivity index is 1.55. The van der Waals surface area contributed by atoms with Crippen LogP contribution in [-0.4, -0.2) is 61.9 Å². The number of nitrogens with zero attached hydrogens (tertiary/aromatic N) is 1. The van der Waals surface area contributed by atoms with Crippen LogP contribution in [0.25, 0.3) is 0 Å². The zero-order valence-electron chi connectivity index (χ0n) is 26.9. The van der Waals surface area contributed by atoms with E-state index in [4.69, 9.17) is 0 Å². The van der Waals surface area contributed by atoms with Gasteiger partial charge in [0.1, 0.15) is 0 Å². The maximum atomic E-state index is 14.0. The number of rotatable bonds is 16. The Bertz CT molecular complexity index is 1500. The van der Waals surface area contributed by atoms with Gasteiger partial charge < -0.3 is 21.1 Å². The molecule has 0 saturated heterocycles. The number of amides is 2. The highest BCUT2D eigenvalue weighted by Gasteiger charge is 2.30. The molecule has 0 radical (unpaired) electrons. The lowest BCUT2D eigenvalue weighted by molar-refractivity contribution is -0.123. The van der Waals surface area contributed by atoms with Gasteiger partial charge in [-0.3, -0.25) is 9.59 Å². The van der Waals surface area contributed by atoms with E-state index in [-0.39, 0.29) is 35.5 Å². The first kappa shape index (κ1) is 35.1. The second-order valence-corrected chi connectivity index (χ2v) is 14.0. The number of hydrogen-bond donors (Lipinski definition) is 4. The summed E-state index contributed by atoms with van der Waals surface area (Å²) >= 11 is 0. The number of sulfonamides is 1. The molecule has 46 heavy (non-hydrogen) atoms. The summed E-state index contributed by atoms with van der Waals surface area (Å²) < 4.78 is 28.6. The Kier molecular flexibility index (Phi) is 13.2. The smallest absolute Gasteiger partial charge is 0.253 e. The van der Waals surface area contributed by atoms with E-state index >= 15 is 0 Å². The minimum Gasteiger partial charge on any atom is -0.390 e. The Morgan fingerprint density at radius 3 is 2.22 bits per heavy atom. The van der Waals surface area contributed by atoms with Crippen LogP contribution < -0.4 is 20.3 Å². The minimum atomic E-state index is -3.82. The Labute approximate surface area is 273 Å². The number of anilines is 2. The summed E-state index contributed by atoms with van der Waals surface area (Å²) in [4.78, 5) is 26.8. The lowest BCUT2D eigenvalue weighted by Gasteiger charge is -2.29. The van der Waals surface area contributed by atoms with Crippen molar-refractivity contribution >= 4 is 33.2 Å². The van der Waals surface area contributed by atoms with E-state index in [1.54, 1.807) is 55.5 Å². The van der Waals surface area contributed by atoms with Gasteiger partial charge in [0.05, 0.1) is 40.9 Å². The second-order valence-electron chi connectivity index (χ2n) is 12.1. The Morgan fingerprint density at radius 1 is 0.913 bits per heavy atom. The summed E-state index contributed by atoms with van der Waals surface area (Å²) in [5.74, 6) is -0.686. The van der Waals surface area contributed by atoms with Crippen LogP contribution in [-0.2, 0) is 21.2 Å². The number of aliphatic hydroxyl groups excluding tert-OH is 1. The van der Waals surface area contributed by atoms with E-state index in [1.807, 2.05) is 43.3 Å². The molecule has 3 aromatic carbocycles. The third-order valence-corrected chi connectivity index (χ3v) is 10.2. The van der Waals surface area contributed by atoms with Gasteiger partial charge in [-0.2, -0.15) is 0 Å². The van der Waals surface area contributed by atoms with Crippen molar-refractivity contribution in [3.05, 3.63) is 96.1 Å². The fourth-order valence-corrected chi connectivity index (χ4v) is 7.51. The third kappa shape index (κ3) is 9.88. The van der Waals surface area contributed by atoms with Gasteiger partial charge >= 0.3 is 0 Å². The number of carbonyl (C=O) groups is 2. The van der Waals surface area contributed by atoms with Gasteiger partial charge in [0.25, 0.3) is 5.91 Å². The summed E-state index contributed by atoms with van der Waals surface area (Å²) in [6, 6.07) is 23.8. The van der Waals surface area contributed by atoms with E-state index in [0.717, 1.165) is 31.2 Å². The number of hydrogen-bond acceptors (Lipinski definition) is 6. The highest BCUT2D eigenvalue weighted by Crippen LogP contribution is 2.32. The molecule has 0 aromatic heterocycles. The van der Waals surface area contributed by atoms with Gasteiger partial charge in [-0.1, -0.05) is 93.3 Å². The molecule has 1 saturated carbocycles. The maximum absolute atomic E-state index is 14.0. The van der Waals surface area contributed by atoms with Crippen LogP contribution in [0.5, 0.6) is 0 Å². The Morgan fingerprint density at radius 2 is 1.54 bits per heavy atom. The van der Waals surface area contributed by atoms with Crippen LogP contribution in [0.3, 0.4) is 0 Å². The topological polar surface area (TPSA) is 128 Å². The molecule has 1 fully saturated rings. The van der Waals surface area contributed by atoms with Gasteiger partial charge in [-0.05, 0) is 62.4 Å². The predicted molar refractivity (Wildman–Crippen MR) is 184 cm³/mol. The van der Waals surface area contributed by atoms with Gasteiger partial charge in [0.15, 0.2) is 0 Å². The van der Waals surface area contributed by atoms with Crippen LogP contribution in [0, 0.1) is 0 Å². The molecule has 1 aliphatic carbocycles. The summed E-state index contributed by atoms with van der Waals surface area (Å²) in [7, 11) is -3.82. The first-order valence-electron chi connectivity index (χ1n) is 16.4. The van der Waals surface area contributed by atoms with Crippen molar-refractivity contribution in [1.82, 2.24) is 16.0 Å². The SMILES string of the molecule is CCCCS(=O)(=O)N(c1ccccc1)c1ccccc1C(=O)N[C@@H](Cc1ccccc1)[C@H](O)CN[C@@H](C)C(=O)NC1CCCCC1. The molecule has 2 amide bonds. The summed E-state index contributed by atoms with van der Waals surface area (Å²) in [5.41, 5.74) is 1.76. The van der Waals surface area contributed by atoms with E-state index in [2.05, 4.69) is 16.0 Å². The summed E-state index contributed by atoms with van der Waals surface area (Å²) in [6.07, 6.45) is 5.87. The molecule has 4 rings (SSSR count). The van der Waals surface area contributed by atoms with Crippen molar-refractivity contribution in [3.8, 4) is 0 Å². The third-order valence-electron chi connectivity index (χ3n) is 8.45. The fourth-order valence-electron chi connectivity index (χ4n) is 5.78. The molecular weight excluding hydrogens is 600 g/mol. The average Bonchev–Trinajstić information content (AvgIpc) is 3.07. The zero-order valence-corrected chi connectivity index (χ0v) is 27.7. The lowest BCUT2D eigenvalue weighted by atomic mass is 9.95. The first-order valence-corrected chi connectivity index (χ1v) is 18.0. The molecule has 1 aliphatic rings. The van der Waals surface area contributed by atoms with Crippen LogP contribution >= 0.6 is 0 Å². The molecule has 9 nitrogen and oxygen atoms in total. The summed E-state index contributed by atoms with van der Waals surface area (Å²) in [5, 5.41) is 20.6. The highest BCUT2D eigenvalue weighted by atomic mass is 32.2. The van der Waals surface area contributed by atoms with Crippen molar-refractivity contribution in [2.75, 3.05) is 16.6 Å². The fraction of sp³-hybridized carbons (Fsp3) is 0.444. The molecule has 0 heterocycles. The quantitative estimate of drug-likeness (QED) is 0.172. The highest BCUT2D eigenvalue weighted by molar-refractivity contribution is 7.93. The molecule has 0 bridgehead atoms. The normalized spacial score (nSPS) is 15.8. The zero-order chi connectivity index (χ0) is 32.9. The molecule has 3 atom stereocenters. The van der Waals surface area contributed by atoms with Gasteiger partial charge in [-0.25, -0.2) is 12.7 Å². The van der Waals surface area contributed by atoms with Crippen molar-refractivity contribution in [2.45, 2.75) is 89.4 Å². The monoisotopic (exact) mass is 648 g/mol. The van der Waals surface area contributed by atoms with Crippen molar-refractivity contribution in [3.63, 3.8) is 0 Å². The predicted octanol–water partition coefficient (Wildman–Crippen LogP) is 5.08. The largest absolute Gasteiger partial charge is 0.390 e. The van der Waals surface area contributed by atoms with E-state index in [9.17, 15) is 23.1 Å². The summed E-state index contributed by atoms with van der Waals surface area (Å²) in [6.45, 7) is 3.77. The van der Waals surface area contributed by atoms with Crippen LogP contribution in [0.15, 0.2) is 84.9 Å². The van der Waals surface area contributed by atoms with Crippen molar-refractivity contribution in [1.29, 1.82) is 0 Å². The first-order chi connectivity index (χ1) is 22.2. The van der Waals surface area contributed by atoms with E-state index in [1.165, 1.54) is 10.7 Å². The number of benzene rings is 3. The van der Waals surface area contributed by atoms with Crippen molar-refractivity contribution in [2.24, 2.45) is 0 Å². The molecule has 0 spiro atoms. The van der Waals surface area contributed by atoms with E-state index < -0.39 is 34.1 Å². The number of aliphatic hydroxyl groups is 1. The van der Waals surface area contributed by atoms with E-state index in [0.29, 0.717) is 24.9 Å². The molecular formula is C36H48N4O5S. The molecule has 0 unspecified atom stereocenters. The van der Waals surface area contributed by atoms with Crippen LogP contribution in [0.4, 0.5) is 11.4 Å².